The van der Waals surface area contributed by atoms with Gasteiger partial charge in [-0.25, -0.2) is 18.1 Å². The molecular formula is C16H15ClN4O4S. The Hall–Kier alpha value is -2.49. The summed E-state index contributed by atoms with van der Waals surface area (Å²) in [5.41, 5.74) is 1.39. The smallest absolute Gasteiger partial charge is 0.275 e. The molecule has 0 unspecified atom stereocenters. The molecule has 8 nitrogen and oxygen atoms in total. The normalized spacial score (nSPS) is 11.8. The zero-order valence-corrected chi connectivity index (χ0v) is 15.3. The number of hydrogen-bond acceptors (Lipinski definition) is 5. The maximum Gasteiger partial charge on any atom is 0.275 e. The maximum atomic E-state index is 12.4. The van der Waals surface area contributed by atoms with Crippen LogP contribution in [0.3, 0.4) is 0 Å². The Kier molecular flexibility index (Phi) is 4.94. The zero-order valence-electron chi connectivity index (χ0n) is 13.7. The molecule has 0 bridgehead atoms. The van der Waals surface area contributed by atoms with Crippen LogP contribution < -0.4 is 4.72 Å². The zero-order chi connectivity index (χ0) is 18.9. The third-order valence-corrected chi connectivity index (χ3v) is 5.72. The van der Waals surface area contributed by atoms with Gasteiger partial charge in [0.25, 0.3) is 5.69 Å². The van der Waals surface area contributed by atoms with Crippen LogP contribution in [-0.2, 0) is 16.4 Å². The lowest BCUT2D eigenvalue weighted by Gasteiger charge is -2.08. The second kappa shape index (κ2) is 7.02. The molecule has 0 aliphatic carbocycles. The van der Waals surface area contributed by atoms with Gasteiger partial charge >= 0.3 is 0 Å². The van der Waals surface area contributed by atoms with Crippen LogP contribution in [-0.4, -0.2) is 29.3 Å². The van der Waals surface area contributed by atoms with Gasteiger partial charge in [-0.1, -0.05) is 17.7 Å². The third-order valence-electron chi connectivity index (χ3n) is 3.88. The first-order chi connectivity index (χ1) is 12.3. The molecule has 0 spiro atoms. The summed E-state index contributed by atoms with van der Waals surface area (Å²) in [5.74, 6) is 0. The number of nitrogens with one attached hydrogen (secondary N) is 1. The average Bonchev–Trinajstić information content (AvgIpc) is 2.99. The highest BCUT2D eigenvalue weighted by atomic mass is 35.5. The van der Waals surface area contributed by atoms with E-state index >= 15 is 0 Å². The number of pyridine rings is 1. The Morgan fingerprint density at radius 1 is 1.35 bits per heavy atom. The van der Waals surface area contributed by atoms with E-state index in [2.05, 4.69) is 9.71 Å². The molecule has 0 aliphatic heterocycles. The standard InChI is InChI=1S/C16H15ClN4O4S/c1-11-14(17)8-13(9-15(11)21(22)23)26(24,25)18-6-5-12-10-20-7-3-2-4-16(20)19-12/h2-4,7-10,18H,5-6H2,1H3. The van der Waals surface area contributed by atoms with Gasteiger partial charge in [-0.2, -0.15) is 0 Å². The van der Waals surface area contributed by atoms with Gasteiger partial charge in [0.1, 0.15) is 5.65 Å². The monoisotopic (exact) mass is 394 g/mol. The van der Waals surface area contributed by atoms with E-state index in [1.54, 1.807) is 0 Å². The molecule has 2 heterocycles. The quantitative estimate of drug-likeness (QED) is 0.511. The lowest BCUT2D eigenvalue weighted by molar-refractivity contribution is -0.385. The summed E-state index contributed by atoms with van der Waals surface area (Å²) in [5, 5.41) is 11.1. The highest BCUT2D eigenvalue weighted by Gasteiger charge is 2.22. The Bertz CT molecular complexity index is 1060. The number of benzene rings is 1. The van der Waals surface area contributed by atoms with Gasteiger partial charge < -0.3 is 4.40 Å². The molecule has 1 N–H and O–H groups in total. The predicted molar refractivity (Wildman–Crippen MR) is 96.9 cm³/mol. The molecule has 0 amide bonds. The molecule has 3 rings (SSSR count). The first-order valence-electron chi connectivity index (χ1n) is 7.65. The van der Waals surface area contributed by atoms with E-state index in [1.807, 2.05) is 35.0 Å². The summed E-state index contributed by atoms with van der Waals surface area (Å²) >= 11 is 5.93. The molecule has 0 radical (unpaired) electrons. The minimum Gasteiger partial charge on any atom is -0.307 e. The van der Waals surface area contributed by atoms with Gasteiger partial charge in [0.05, 0.1) is 20.5 Å². The largest absolute Gasteiger partial charge is 0.307 e. The van der Waals surface area contributed by atoms with Crippen molar-refractivity contribution in [1.29, 1.82) is 0 Å². The molecule has 2 aromatic heterocycles. The fourth-order valence-corrected chi connectivity index (χ4v) is 3.85. The topological polar surface area (TPSA) is 107 Å². The number of hydrogen-bond donors (Lipinski definition) is 1. The fraction of sp³-hybridized carbons (Fsp3) is 0.188. The molecule has 0 saturated heterocycles. The summed E-state index contributed by atoms with van der Waals surface area (Å²) in [6, 6.07) is 7.80. The Morgan fingerprint density at radius 3 is 2.81 bits per heavy atom. The van der Waals surface area contributed by atoms with Crippen molar-refractivity contribution in [2.24, 2.45) is 0 Å². The number of halogens is 1. The average molecular weight is 395 g/mol. The van der Waals surface area contributed by atoms with Crippen LogP contribution in [0, 0.1) is 17.0 Å². The number of nitro benzene ring substituents is 1. The van der Waals surface area contributed by atoms with Crippen molar-refractivity contribution in [3.8, 4) is 0 Å². The van der Waals surface area contributed by atoms with E-state index in [9.17, 15) is 18.5 Å². The predicted octanol–water partition coefficient (Wildman–Crippen LogP) is 2.73. The van der Waals surface area contributed by atoms with E-state index in [0.29, 0.717) is 6.42 Å². The number of aromatic nitrogens is 2. The van der Waals surface area contributed by atoms with Gasteiger partial charge in [-0.3, -0.25) is 10.1 Å². The van der Waals surface area contributed by atoms with Crippen LogP contribution in [0.2, 0.25) is 5.02 Å². The highest BCUT2D eigenvalue weighted by molar-refractivity contribution is 7.89. The van der Waals surface area contributed by atoms with Gasteiger partial charge in [0.15, 0.2) is 0 Å². The Balaban J connectivity index is 1.75. The van der Waals surface area contributed by atoms with Crippen molar-refractivity contribution in [2.75, 3.05) is 6.54 Å². The lowest BCUT2D eigenvalue weighted by Crippen LogP contribution is -2.26. The van der Waals surface area contributed by atoms with Gasteiger partial charge in [0, 0.05) is 37.0 Å². The lowest BCUT2D eigenvalue weighted by atomic mass is 10.2. The van der Waals surface area contributed by atoms with Crippen LogP contribution in [0.4, 0.5) is 5.69 Å². The minimum atomic E-state index is -3.93. The molecule has 0 fully saturated rings. The number of fused-ring (bicyclic) bond motifs is 1. The van der Waals surface area contributed by atoms with E-state index in [0.717, 1.165) is 17.4 Å². The minimum absolute atomic E-state index is 0.0277. The van der Waals surface area contributed by atoms with Gasteiger partial charge in [-0.05, 0) is 25.1 Å². The fourth-order valence-electron chi connectivity index (χ4n) is 2.49. The second-order valence-electron chi connectivity index (χ2n) is 5.65. The molecule has 0 aliphatic rings. The number of rotatable bonds is 6. The number of imidazole rings is 1. The summed E-state index contributed by atoms with van der Waals surface area (Å²) in [7, 11) is -3.93. The molecule has 1 aromatic carbocycles. The SMILES string of the molecule is Cc1c(Cl)cc(S(=O)(=O)NCCc2cn3ccccc3n2)cc1[N+](=O)[O-]. The van der Waals surface area contributed by atoms with E-state index in [4.69, 9.17) is 11.6 Å². The summed E-state index contributed by atoms with van der Waals surface area (Å²) in [4.78, 5) is 14.5. The molecule has 0 atom stereocenters. The van der Waals surface area contributed by atoms with E-state index < -0.39 is 14.9 Å². The van der Waals surface area contributed by atoms with Crippen LogP contribution in [0.1, 0.15) is 11.3 Å². The molecule has 136 valence electrons. The van der Waals surface area contributed by atoms with Crippen molar-refractivity contribution in [3.05, 3.63) is 69.1 Å². The number of nitrogens with zero attached hydrogens (tertiary/aromatic N) is 3. The summed E-state index contributed by atoms with van der Waals surface area (Å²) in [6.45, 7) is 1.57. The van der Waals surface area contributed by atoms with E-state index in [-0.39, 0.29) is 27.7 Å². The second-order valence-corrected chi connectivity index (χ2v) is 7.83. The van der Waals surface area contributed by atoms with E-state index in [1.165, 1.54) is 13.0 Å². The Labute approximate surface area is 154 Å². The number of nitro groups is 1. The number of sulfonamides is 1. The first kappa shape index (κ1) is 18.3. The highest BCUT2D eigenvalue weighted by Crippen LogP contribution is 2.29. The van der Waals surface area contributed by atoms with Crippen LogP contribution in [0.15, 0.2) is 47.6 Å². The van der Waals surface area contributed by atoms with Crippen LogP contribution in [0.5, 0.6) is 0 Å². The Morgan fingerprint density at radius 2 is 2.12 bits per heavy atom. The first-order valence-corrected chi connectivity index (χ1v) is 9.51. The molecule has 0 saturated carbocycles. The van der Waals surface area contributed by atoms with Crippen molar-refractivity contribution < 1.29 is 13.3 Å². The maximum absolute atomic E-state index is 12.4. The molecular weight excluding hydrogens is 380 g/mol. The van der Waals surface area contributed by atoms with Crippen molar-refractivity contribution in [2.45, 2.75) is 18.2 Å². The summed E-state index contributed by atoms with van der Waals surface area (Å²) in [6.07, 6.45) is 4.04. The van der Waals surface area contributed by atoms with Gasteiger partial charge in [0.2, 0.25) is 10.0 Å². The van der Waals surface area contributed by atoms with Crippen molar-refractivity contribution in [3.63, 3.8) is 0 Å². The van der Waals surface area contributed by atoms with Crippen LogP contribution >= 0.6 is 11.6 Å². The summed E-state index contributed by atoms with van der Waals surface area (Å²) < 4.78 is 29.1. The molecule has 26 heavy (non-hydrogen) atoms. The van der Waals surface area contributed by atoms with Crippen molar-refractivity contribution >= 4 is 33.0 Å². The van der Waals surface area contributed by atoms with Crippen LogP contribution in [0.25, 0.3) is 5.65 Å². The van der Waals surface area contributed by atoms with Gasteiger partial charge in [-0.15, -0.1) is 0 Å². The molecule has 10 heteroatoms. The van der Waals surface area contributed by atoms with Crippen molar-refractivity contribution in [1.82, 2.24) is 14.1 Å². The molecule has 3 aromatic rings. The third kappa shape index (κ3) is 3.69.